The molecule has 0 unspecified atom stereocenters. The molecule has 7 heteroatoms. The fraction of sp³-hybridized carbons (Fsp3) is 0. The third-order valence-corrected chi connectivity index (χ3v) is 3.19. The number of esters is 2. The smallest absolute Gasteiger partial charge is 0.349 e. The molecular weight excluding hydrogens is 317 g/mol. The van der Waals surface area contributed by atoms with E-state index < -0.39 is 11.9 Å². The zero-order valence-corrected chi connectivity index (χ0v) is 11.9. The Morgan fingerprint density at radius 2 is 1.48 bits per heavy atom. The van der Waals surface area contributed by atoms with Crippen molar-refractivity contribution in [3.8, 4) is 0 Å². The molecule has 0 saturated carbocycles. The van der Waals surface area contributed by atoms with Crippen LogP contribution >= 0.6 is 23.2 Å². The number of carbonyl (C=O) groups is 2. The first-order chi connectivity index (χ1) is 10.0. The first-order valence-corrected chi connectivity index (χ1v) is 6.42. The van der Waals surface area contributed by atoms with Crippen LogP contribution in [0.3, 0.4) is 0 Å². The van der Waals surface area contributed by atoms with Gasteiger partial charge in [0.1, 0.15) is 5.69 Å². The summed E-state index contributed by atoms with van der Waals surface area (Å²) in [7, 11) is 0. The van der Waals surface area contributed by atoms with Crippen molar-refractivity contribution in [3.63, 3.8) is 0 Å². The standard InChI is InChI=1S/C14H7Cl2NO4/c15-10-2-1-3-11(16)12(10)14(19)21-13(18)8-4-6-9(17-20)7-5-8/h1-7H. The minimum atomic E-state index is -0.951. The van der Waals surface area contributed by atoms with Crippen LogP contribution in [0.25, 0.3) is 0 Å². The van der Waals surface area contributed by atoms with Crippen molar-refractivity contribution in [1.29, 1.82) is 0 Å². The number of hydrogen-bond donors (Lipinski definition) is 0. The number of nitrogens with zero attached hydrogens (tertiary/aromatic N) is 1. The van der Waals surface area contributed by atoms with Crippen molar-refractivity contribution >= 4 is 40.8 Å². The van der Waals surface area contributed by atoms with Gasteiger partial charge >= 0.3 is 11.9 Å². The molecule has 0 aliphatic carbocycles. The molecule has 0 heterocycles. The maximum atomic E-state index is 11.9. The first-order valence-electron chi connectivity index (χ1n) is 5.67. The van der Waals surface area contributed by atoms with Gasteiger partial charge in [0, 0.05) is 0 Å². The number of ether oxygens (including phenoxy) is 1. The van der Waals surface area contributed by atoms with Gasteiger partial charge in [0.25, 0.3) is 0 Å². The number of carbonyl (C=O) groups excluding carboxylic acids is 2. The number of halogens is 2. The molecule has 2 rings (SSSR count). The number of benzene rings is 2. The highest BCUT2D eigenvalue weighted by Crippen LogP contribution is 2.25. The summed E-state index contributed by atoms with van der Waals surface area (Å²) in [6, 6.07) is 9.78. The van der Waals surface area contributed by atoms with Crippen molar-refractivity contribution < 1.29 is 14.3 Å². The third-order valence-electron chi connectivity index (χ3n) is 2.56. The van der Waals surface area contributed by atoms with Crippen molar-refractivity contribution in [2.24, 2.45) is 5.18 Å². The molecule has 0 radical (unpaired) electrons. The van der Waals surface area contributed by atoms with E-state index in [0.29, 0.717) is 0 Å². The molecule has 0 spiro atoms. The maximum absolute atomic E-state index is 11.9. The Morgan fingerprint density at radius 1 is 0.905 bits per heavy atom. The lowest BCUT2D eigenvalue weighted by molar-refractivity contribution is 0.0398. The number of nitroso groups, excluding NO2 is 1. The predicted octanol–water partition coefficient (Wildman–Crippen LogP) is 4.39. The van der Waals surface area contributed by atoms with Crippen LogP contribution in [0.1, 0.15) is 20.7 Å². The average molecular weight is 324 g/mol. The molecule has 2 aromatic carbocycles. The Morgan fingerprint density at radius 3 is 2.00 bits per heavy atom. The Bertz CT molecular complexity index is 693. The Kier molecular flexibility index (Phi) is 4.67. The van der Waals surface area contributed by atoms with Gasteiger partial charge in [0.15, 0.2) is 0 Å². The van der Waals surface area contributed by atoms with E-state index in [1.807, 2.05) is 0 Å². The second kappa shape index (κ2) is 6.47. The summed E-state index contributed by atoms with van der Waals surface area (Å²) in [6.45, 7) is 0. The van der Waals surface area contributed by atoms with Crippen molar-refractivity contribution in [2.45, 2.75) is 0 Å². The van der Waals surface area contributed by atoms with Gasteiger partial charge in [-0.3, -0.25) is 0 Å². The molecular formula is C14H7Cl2NO4. The van der Waals surface area contributed by atoms with Gasteiger partial charge in [-0.25, -0.2) is 9.59 Å². The lowest BCUT2D eigenvalue weighted by Crippen LogP contribution is -2.13. The summed E-state index contributed by atoms with van der Waals surface area (Å²) in [5.41, 5.74) is 0.173. The second-order valence-corrected chi connectivity index (χ2v) is 4.73. The highest BCUT2D eigenvalue weighted by atomic mass is 35.5. The largest absolute Gasteiger partial charge is 0.386 e. The monoisotopic (exact) mass is 323 g/mol. The van der Waals surface area contributed by atoms with Gasteiger partial charge in [-0.2, -0.15) is 0 Å². The number of hydrogen-bond acceptors (Lipinski definition) is 5. The highest BCUT2D eigenvalue weighted by molar-refractivity contribution is 6.39. The molecule has 2 aromatic rings. The van der Waals surface area contributed by atoms with Gasteiger partial charge in [0.2, 0.25) is 0 Å². The van der Waals surface area contributed by atoms with Crippen LogP contribution < -0.4 is 0 Å². The van der Waals surface area contributed by atoms with E-state index in [0.717, 1.165) is 0 Å². The molecule has 0 amide bonds. The Hall–Kier alpha value is -2.24. The van der Waals surface area contributed by atoms with Gasteiger partial charge in [-0.15, -0.1) is 4.91 Å². The first kappa shape index (κ1) is 15.2. The van der Waals surface area contributed by atoms with Gasteiger partial charge in [0.05, 0.1) is 21.2 Å². The summed E-state index contributed by atoms with van der Waals surface area (Å²) in [5.74, 6) is -1.83. The molecule has 0 atom stereocenters. The van der Waals surface area contributed by atoms with E-state index >= 15 is 0 Å². The van der Waals surface area contributed by atoms with E-state index in [-0.39, 0.29) is 26.9 Å². The lowest BCUT2D eigenvalue weighted by Gasteiger charge is -2.06. The Balaban J connectivity index is 2.18. The molecule has 0 saturated heterocycles. The van der Waals surface area contributed by atoms with Gasteiger partial charge in [-0.05, 0) is 41.6 Å². The van der Waals surface area contributed by atoms with Crippen LogP contribution in [0, 0.1) is 4.91 Å². The summed E-state index contributed by atoms with van der Waals surface area (Å²) in [6.07, 6.45) is 0. The summed E-state index contributed by atoms with van der Waals surface area (Å²) in [4.78, 5) is 34.0. The SMILES string of the molecule is O=Nc1ccc(C(=O)OC(=O)c2c(Cl)cccc2Cl)cc1. The molecule has 0 bridgehead atoms. The van der Waals surface area contributed by atoms with Crippen LogP contribution in [0.5, 0.6) is 0 Å². The van der Waals surface area contributed by atoms with E-state index in [9.17, 15) is 14.5 Å². The van der Waals surface area contributed by atoms with Crippen molar-refractivity contribution in [2.75, 3.05) is 0 Å². The minimum absolute atomic E-state index is 0.0830. The molecule has 21 heavy (non-hydrogen) atoms. The molecule has 0 aliphatic heterocycles. The van der Waals surface area contributed by atoms with Crippen LogP contribution in [0.4, 0.5) is 5.69 Å². The predicted molar refractivity (Wildman–Crippen MR) is 78.1 cm³/mol. The molecule has 0 aromatic heterocycles. The van der Waals surface area contributed by atoms with Crippen molar-refractivity contribution in [3.05, 3.63) is 68.5 Å². The van der Waals surface area contributed by atoms with E-state index in [1.54, 1.807) is 6.07 Å². The van der Waals surface area contributed by atoms with Crippen LogP contribution in [0.15, 0.2) is 47.6 Å². The van der Waals surface area contributed by atoms with E-state index in [2.05, 4.69) is 5.18 Å². The summed E-state index contributed by atoms with van der Waals surface area (Å²) < 4.78 is 4.70. The summed E-state index contributed by atoms with van der Waals surface area (Å²) >= 11 is 11.7. The van der Waals surface area contributed by atoms with E-state index in [4.69, 9.17) is 27.9 Å². The zero-order chi connectivity index (χ0) is 15.4. The van der Waals surface area contributed by atoms with Crippen LogP contribution in [-0.4, -0.2) is 11.9 Å². The highest BCUT2D eigenvalue weighted by Gasteiger charge is 2.20. The second-order valence-electron chi connectivity index (χ2n) is 3.91. The van der Waals surface area contributed by atoms with Gasteiger partial charge in [-0.1, -0.05) is 29.3 Å². The quantitative estimate of drug-likeness (QED) is 0.477. The normalized spacial score (nSPS) is 10.0. The topological polar surface area (TPSA) is 72.8 Å². The fourth-order valence-corrected chi connectivity index (χ4v) is 2.10. The van der Waals surface area contributed by atoms with Gasteiger partial charge < -0.3 is 4.74 Å². The molecule has 0 N–H and O–H groups in total. The zero-order valence-electron chi connectivity index (χ0n) is 10.4. The Labute approximate surface area is 129 Å². The average Bonchev–Trinajstić information content (AvgIpc) is 2.47. The molecule has 5 nitrogen and oxygen atoms in total. The van der Waals surface area contributed by atoms with E-state index in [1.165, 1.54) is 36.4 Å². The lowest BCUT2D eigenvalue weighted by atomic mass is 10.2. The third kappa shape index (κ3) is 3.45. The maximum Gasteiger partial charge on any atom is 0.349 e. The molecule has 0 fully saturated rings. The van der Waals surface area contributed by atoms with Crippen LogP contribution in [0.2, 0.25) is 10.0 Å². The van der Waals surface area contributed by atoms with Crippen molar-refractivity contribution in [1.82, 2.24) is 0 Å². The summed E-state index contributed by atoms with van der Waals surface area (Å²) in [5, 5.41) is 2.87. The number of rotatable bonds is 3. The van der Waals surface area contributed by atoms with Crippen LogP contribution in [-0.2, 0) is 4.74 Å². The molecule has 0 aliphatic rings. The fourth-order valence-electron chi connectivity index (χ4n) is 1.55. The molecule has 106 valence electrons. The minimum Gasteiger partial charge on any atom is -0.386 e.